The van der Waals surface area contributed by atoms with Gasteiger partial charge in [0.25, 0.3) is 0 Å². The number of aromatic nitrogens is 4. The summed E-state index contributed by atoms with van der Waals surface area (Å²) < 4.78 is 1.70. The molecule has 1 aromatic heterocycles. The van der Waals surface area contributed by atoms with Crippen LogP contribution in [0.2, 0.25) is 5.02 Å². The molecular formula is C17H15ClN4OS. The Labute approximate surface area is 149 Å². The summed E-state index contributed by atoms with van der Waals surface area (Å²) in [5.74, 6) is -0.00300. The largest absolute Gasteiger partial charge is 0.293 e. The highest BCUT2D eigenvalue weighted by Crippen LogP contribution is 2.24. The predicted molar refractivity (Wildman–Crippen MR) is 94.5 cm³/mol. The zero-order valence-electron chi connectivity index (χ0n) is 13.0. The van der Waals surface area contributed by atoms with Crippen molar-refractivity contribution in [3.05, 3.63) is 70.7 Å². The second kappa shape index (κ2) is 7.59. The molecule has 2 aromatic carbocycles. The van der Waals surface area contributed by atoms with E-state index < -0.39 is 0 Å². The minimum atomic E-state index is -0.316. The van der Waals surface area contributed by atoms with Crippen molar-refractivity contribution in [2.24, 2.45) is 0 Å². The van der Waals surface area contributed by atoms with E-state index in [1.165, 1.54) is 11.8 Å². The van der Waals surface area contributed by atoms with E-state index in [0.717, 1.165) is 5.56 Å². The normalized spacial score (nSPS) is 12.1. The molecular weight excluding hydrogens is 344 g/mol. The predicted octanol–water partition coefficient (Wildman–Crippen LogP) is 3.74. The van der Waals surface area contributed by atoms with Crippen LogP contribution in [0, 0.1) is 0 Å². The average Bonchev–Trinajstić information content (AvgIpc) is 3.02. The first-order valence-corrected chi connectivity index (χ1v) is 8.66. The van der Waals surface area contributed by atoms with E-state index in [0.29, 0.717) is 22.3 Å². The molecule has 1 atom stereocenters. The second-order valence-corrected chi connectivity index (χ2v) is 6.98. The Morgan fingerprint density at radius 2 is 2.00 bits per heavy atom. The second-order valence-electron chi connectivity index (χ2n) is 5.24. The SMILES string of the molecule is C[C@@H](Sc1nnnn1Cc1ccccc1)C(=O)c1cccc(Cl)c1. The molecule has 0 radical (unpaired) electrons. The molecule has 0 N–H and O–H groups in total. The molecule has 0 aliphatic carbocycles. The quantitative estimate of drug-likeness (QED) is 0.496. The number of hydrogen-bond acceptors (Lipinski definition) is 5. The molecule has 0 fully saturated rings. The van der Waals surface area contributed by atoms with Crippen molar-refractivity contribution in [1.29, 1.82) is 0 Å². The number of rotatable bonds is 6. The minimum absolute atomic E-state index is 0.00300. The highest BCUT2D eigenvalue weighted by molar-refractivity contribution is 8.00. The van der Waals surface area contributed by atoms with E-state index in [1.807, 2.05) is 37.3 Å². The van der Waals surface area contributed by atoms with Gasteiger partial charge in [0.05, 0.1) is 11.8 Å². The fourth-order valence-corrected chi connectivity index (χ4v) is 3.28. The zero-order chi connectivity index (χ0) is 16.9. The molecule has 0 bridgehead atoms. The van der Waals surface area contributed by atoms with Gasteiger partial charge in [-0.1, -0.05) is 65.8 Å². The van der Waals surface area contributed by atoms with Crippen LogP contribution in [0.1, 0.15) is 22.8 Å². The maximum Gasteiger partial charge on any atom is 0.210 e. The first-order valence-electron chi connectivity index (χ1n) is 7.40. The highest BCUT2D eigenvalue weighted by Gasteiger charge is 2.20. The number of carbonyl (C=O) groups is 1. The van der Waals surface area contributed by atoms with E-state index in [4.69, 9.17) is 11.6 Å². The fraction of sp³-hybridized carbons (Fsp3) is 0.176. The van der Waals surface area contributed by atoms with Gasteiger partial charge >= 0.3 is 0 Å². The Kier molecular flexibility index (Phi) is 5.27. The molecule has 122 valence electrons. The molecule has 3 aromatic rings. The number of Topliss-reactive ketones (excluding diaryl/α,β-unsaturated/α-hetero) is 1. The first kappa shape index (κ1) is 16.7. The summed E-state index contributed by atoms with van der Waals surface area (Å²) in [7, 11) is 0. The molecule has 0 saturated carbocycles. The third-order valence-electron chi connectivity index (χ3n) is 3.43. The van der Waals surface area contributed by atoms with Crippen molar-refractivity contribution >= 4 is 29.1 Å². The van der Waals surface area contributed by atoms with Gasteiger partial charge in [0.1, 0.15) is 0 Å². The van der Waals surface area contributed by atoms with Crippen molar-refractivity contribution in [3.8, 4) is 0 Å². The van der Waals surface area contributed by atoms with Crippen LogP contribution in [0.5, 0.6) is 0 Å². The fourth-order valence-electron chi connectivity index (χ4n) is 2.22. The number of tetrazole rings is 1. The van der Waals surface area contributed by atoms with Crippen LogP contribution in [-0.2, 0) is 6.54 Å². The highest BCUT2D eigenvalue weighted by atomic mass is 35.5. The standard InChI is InChI=1S/C17H15ClN4OS/c1-12(16(23)14-8-5-9-15(18)10-14)24-17-19-20-21-22(17)11-13-6-3-2-4-7-13/h2-10,12H,11H2,1H3/t12-/m1/s1. The number of ketones is 1. The van der Waals surface area contributed by atoms with Crippen LogP contribution in [0.15, 0.2) is 59.8 Å². The molecule has 24 heavy (non-hydrogen) atoms. The van der Waals surface area contributed by atoms with Gasteiger partial charge in [-0.2, -0.15) is 0 Å². The van der Waals surface area contributed by atoms with E-state index in [2.05, 4.69) is 15.5 Å². The maximum absolute atomic E-state index is 12.5. The van der Waals surface area contributed by atoms with E-state index in [1.54, 1.807) is 28.9 Å². The molecule has 0 unspecified atom stereocenters. The van der Waals surface area contributed by atoms with Crippen LogP contribution in [0.4, 0.5) is 0 Å². The molecule has 0 amide bonds. The summed E-state index contributed by atoms with van der Waals surface area (Å²) in [6.45, 7) is 2.41. The number of nitrogens with zero attached hydrogens (tertiary/aromatic N) is 4. The van der Waals surface area contributed by atoms with Crippen molar-refractivity contribution in [2.75, 3.05) is 0 Å². The van der Waals surface area contributed by atoms with Crippen LogP contribution >= 0.6 is 23.4 Å². The number of halogens is 1. The molecule has 0 aliphatic rings. The van der Waals surface area contributed by atoms with Gasteiger partial charge < -0.3 is 0 Å². The van der Waals surface area contributed by atoms with Crippen molar-refractivity contribution in [1.82, 2.24) is 20.2 Å². The van der Waals surface area contributed by atoms with Gasteiger partial charge in [-0.05, 0) is 35.0 Å². The monoisotopic (exact) mass is 358 g/mol. The summed E-state index contributed by atoms with van der Waals surface area (Å²) in [6.07, 6.45) is 0. The van der Waals surface area contributed by atoms with Crippen molar-refractivity contribution in [2.45, 2.75) is 23.9 Å². The molecule has 1 heterocycles. The van der Waals surface area contributed by atoms with Gasteiger partial charge in [-0.3, -0.25) is 4.79 Å². The summed E-state index contributed by atoms with van der Waals surface area (Å²) in [6, 6.07) is 16.9. The van der Waals surface area contributed by atoms with E-state index in [9.17, 15) is 4.79 Å². The molecule has 0 aliphatic heterocycles. The molecule has 3 rings (SSSR count). The summed E-state index contributed by atoms with van der Waals surface area (Å²) in [5.41, 5.74) is 1.69. The Morgan fingerprint density at radius 1 is 1.21 bits per heavy atom. The van der Waals surface area contributed by atoms with Gasteiger partial charge in [0, 0.05) is 10.6 Å². The lowest BCUT2D eigenvalue weighted by Crippen LogP contribution is -2.15. The van der Waals surface area contributed by atoms with Crippen LogP contribution in [0.25, 0.3) is 0 Å². The lowest BCUT2D eigenvalue weighted by atomic mass is 10.1. The van der Waals surface area contributed by atoms with Crippen molar-refractivity contribution in [3.63, 3.8) is 0 Å². The third-order valence-corrected chi connectivity index (χ3v) is 4.74. The molecule has 7 heteroatoms. The Balaban J connectivity index is 1.72. The number of benzene rings is 2. The summed E-state index contributed by atoms with van der Waals surface area (Å²) in [5, 5.41) is 12.6. The van der Waals surface area contributed by atoms with Crippen molar-refractivity contribution < 1.29 is 4.79 Å². The Morgan fingerprint density at radius 3 is 2.75 bits per heavy atom. The Hall–Kier alpha value is -2.18. The first-order chi connectivity index (χ1) is 11.6. The Bertz CT molecular complexity index is 837. The maximum atomic E-state index is 12.5. The number of thioether (sulfide) groups is 1. The lowest BCUT2D eigenvalue weighted by Gasteiger charge is -2.10. The van der Waals surface area contributed by atoms with Crippen LogP contribution in [-0.4, -0.2) is 31.2 Å². The van der Waals surface area contributed by atoms with E-state index >= 15 is 0 Å². The van der Waals surface area contributed by atoms with Crippen LogP contribution < -0.4 is 0 Å². The smallest absolute Gasteiger partial charge is 0.210 e. The summed E-state index contributed by atoms with van der Waals surface area (Å²) >= 11 is 7.30. The molecule has 0 saturated heterocycles. The van der Waals surface area contributed by atoms with Crippen LogP contribution in [0.3, 0.4) is 0 Å². The lowest BCUT2D eigenvalue weighted by molar-refractivity contribution is 0.0994. The minimum Gasteiger partial charge on any atom is -0.293 e. The topological polar surface area (TPSA) is 60.7 Å². The molecule has 0 spiro atoms. The van der Waals surface area contributed by atoms with Gasteiger partial charge in [0.2, 0.25) is 5.16 Å². The molecule has 5 nitrogen and oxygen atoms in total. The third kappa shape index (κ3) is 4.01. The van der Waals surface area contributed by atoms with Gasteiger partial charge in [0.15, 0.2) is 5.78 Å². The van der Waals surface area contributed by atoms with Gasteiger partial charge in [-0.15, -0.1) is 5.10 Å². The number of carbonyl (C=O) groups excluding carboxylic acids is 1. The number of hydrogen-bond donors (Lipinski definition) is 0. The average molecular weight is 359 g/mol. The van der Waals surface area contributed by atoms with E-state index in [-0.39, 0.29) is 11.0 Å². The van der Waals surface area contributed by atoms with Gasteiger partial charge in [-0.25, -0.2) is 4.68 Å². The summed E-state index contributed by atoms with van der Waals surface area (Å²) in [4.78, 5) is 12.5. The zero-order valence-corrected chi connectivity index (χ0v) is 14.5.